The van der Waals surface area contributed by atoms with Gasteiger partial charge >= 0.3 is 5.97 Å². The summed E-state index contributed by atoms with van der Waals surface area (Å²) in [6.07, 6.45) is 0.585. The largest absolute Gasteiger partial charge is 0.493 e. The summed E-state index contributed by atoms with van der Waals surface area (Å²) >= 11 is 6.97. The van der Waals surface area contributed by atoms with Crippen molar-refractivity contribution in [2.24, 2.45) is 0 Å². The summed E-state index contributed by atoms with van der Waals surface area (Å²) in [6.45, 7) is 2.15. The van der Waals surface area contributed by atoms with Crippen molar-refractivity contribution in [2.45, 2.75) is 13.3 Å². The lowest BCUT2D eigenvalue weighted by Gasteiger charge is -2.04. The quantitative estimate of drug-likeness (QED) is 0.918. The first kappa shape index (κ1) is 13.8. The second kappa shape index (κ2) is 6.04. The number of benzene rings is 1. The predicted octanol–water partition coefficient (Wildman–Crippen LogP) is 3.42. The summed E-state index contributed by atoms with van der Waals surface area (Å²) in [7, 11) is 0. The van der Waals surface area contributed by atoms with Crippen LogP contribution in [0, 0.1) is 6.92 Å². The van der Waals surface area contributed by atoms with E-state index in [0.717, 1.165) is 10.8 Å². The van der Waals surface area contributed by atoms with Gasteiger partial charge in [-0.2, -0.15) is 0 Å². The Morgan fingerprint density at radius 2 is 2.11 bits per heavy atom. The molecule has 0 unspecified atom stereocenters. The molecule has 0 bridgehead atoms. The van der Waals surface area contributed by atoms with Crippen molar-refractivity contribution in [1.82, 2.24) is 4.98 Å². The summed E-state index contributed by atoms with van der Waals surface area (Å²) in [6, 6.07) is 7.09. The summed E-state index contributed by atoms with van der Waals surface area (Å²) in [4.78, 5) is 15.4. The molecule has 19 heavy (non-hydrogen) atoms. The van der Waals surface area contributed by atoms with Crippen molar-refractivity contribution in [3.63, 3.8) is 0 Å². The van der Waals surface area contributed by atoms with Crippen LogP contribution in [-0.4, -0.2) is 22.7 Å². The fraction of sp³-hybridized carbons (Fsp3) is 0.231. The standard InChI is InChI=1S/C13H12ClNO3S/c1-8-12(13(16)17)19-11(15-8)6-7-18-10-4-2-9(14)3-5-10/h2-5H,6-7H2,1H3,(H,16,17). The first-order chi connectivity index (χ1) is 9.06. The first-order valence-corrected chi connectivity index (χ1v) is 6.83. The Bertz CT molecular complexity index is 580. The highest BCUT2D eigenvalue weighted by atomic mass is 35.5. The third kappa shape index (κ3) is 3.68. The van der Waals surface area contributed by atoms with Gasteiger partial charge in [0.2, 0.25) is 0 Å². The topological polar surface area (TPSA) is 59.4 Å². The number of carboxylic acid groups (broad SMARTS) is 1. The van der Waals surface area contributed by atoms with Crippen molar-refractivity contribution in [2.75, 3.05) is 6.61 Å². The Kier molecular flexibility index (Phi) is 4.39. The van der Waals surface area contributed by atoms with Gasteiger partial charge in [0.25, 0.3) is 0 Å². The van der Waals surface area contributed by atoms with Gasteiger partial charge in [-0.1, -0.05) is 11.6 Å². The van der Waals surface area contributed by atoms with E-state index in [-0.39, 0.29) is 0 Å². The number of ether oxygens (including phenoxy) is 1. The molecule has 1 aromatic heterocycles. The minimum atomic E-state index is -0.931. The van der Waals surface area contributed by atoms with Crippen LogP contribution < -0.4 is 4.74 Å². The number of hydrogen-bond acceptors (Lipinski definition) is 4. The molecule has 0 amide bonds. The fourth-order valence-corrected chi connectivity index (χ4v) is 2.55. The fourth-order valence-electron chi connectivity index (χ4n) is 1.54. The number of rotatable bonds is 5. The van der Waals surface area contributed by atoms with Gasteiger partial charge in [0.1, 0.15) is 10.6 Å². The highest BCUT2D eigenvalue weighted by Gasteiger charge is 2.13. The van der Waals surface area contributed by atoms with Crippen LogP contribution in [0.15, 0.2) is 24.3 Å². The average molecular weight is 298 g/mol. The van der Waals surface area contributed by atoms with E-state index in [4.69, 9.17) is 21.4 Å². The summed E-state index contributed by atoms with van der Waals surface area (Å²) in [5.41, 5.74) is 0.555. The van der Waals surface area contributed by atoms with E-state index < -0.39 is 5.97 Å². The number of aromatic nitrogens is 1. The second-order valence-corrected chi connectivity index (χ2v) is 5.40. The number of nitrogens with zero attached hydrogens (tertiary/aromatic N) is 1. The normalized spacial score (nSPS) is 10.4. The minimum Gasteiger partial charge on any atom is -0.493 e. The molecule has 0 aliphatic heterocycles. The van der Waals surface area contributed by atoms with Crippen LogP contribution in [0.3, 0.4) is 0 Å². The Balaban J connectivity index is 1.90. The van der Waals surface area contributed by atoms with E-state index in [9.17, 15) is 4.79 Å². The SMILES string of the molecule is Cc1nc(CCOc2ccc(Cl)cc2)sc1C(=O)O. The molecule has 4 nitrogen and oxygen atoms in total. The van der Waals surface area contributed by atoms with Crippen molar-refractivity contribution < 1.29 is 14.6 Å². The zero-order chi connectivity index (χ0) is 13.8. The van der Waals surface area contributed by atoms with Crippen molar-refractivity contribution in [3.8, 4) is 5.75 Å². The monoisotopic (exact) mass is 297 g/mol. The van der Waals surface area contributed by atoms with Crippen molar-refractivity contribution in [1.29, 1.82) is 0 Å². The molecule has 0 spiro atoms. The molecule has 1 N–H and O–H groups in total. The smallest absolute Gasteiger partial charge is 0.347 e. The number of aromatic carboxylic acids is 1. The van der Waals surface area contributed by atoms with Crippen LogP contribution in [0.25, 0.3) is 0 Å². The summed E-state index contributed by atoms with van der Waals surface area (Å²) in [5.74, 6) is -0.198. The Labute approximate surface area is 119 Å². The van der Waals surface area contributed by atoms with Crippen LogP contribution in [0.5, 0.6) is 5.75 Å². The molecule has 2 aromatic rings. The highest BCUT2D eigenvalue weighted by Crippen LogP contribution is 2.19. The van der Waals surface area contributed by atoms with Crippen LogP contribution in [-0.2, 0) is 6.42 Å². The zero-order valence-electron chi connectivity index (χ0n) is 10.2. The maximum Gasteiger partial charge on any atom is 0.347 e. The molecule has 0 atom stereocenters. The molecule has 0 saturated heterocycles. The molecule has 2 rings (SSSR count). The van der Waals surface area contributed by atoms with Gasteiger partial charge in [0.15, 0.2) is 0 Å². The van der Waals surface area contributed by atoms with Gasteiger partial charge in [0.05, 0.1) is 17.3 Å². The molecular formula is C13H12ClNO3S. The first-order valence-electron chi connectivity index (χ1n) is 5.64. The Hall–Kier alpha value is -1.59. The zero-order valence-corrected chi connectivity index (χ0v) is 11.8. The number of thiazole rings is 1. The van der Waals surface area contributed by atoms with Gasteiger partial charge in [-0.3, -0.25) is 0 Å². The van der Waals surface area contributed by atoms with Crippen LogP contribution in [0.2, 0.25) is 5.02 Å². The molecule has 1 aromatic carbocycles. The maximum atomic E-state index is 10.9. The Morgan fingerprint density at radius 3 is 2.68 bits per heavy atom. The second-order valence-electron chi connectivity index (χ2n) is 3.88. The number of hydrogen-bond donors (Lipinski definition) is 1. The maximum absolute atomic E-state index is 10.9. The van der Waals surface area contributed by atoms with E-state index in [1.54, 1.807) is 31.2 Å². The lowest BCUT2D eigenvalue weighted by molar-refractivity contribution is 0.0701. The van der Waals surface area contributed by atoms with Gasteiger partial charge in [-0.05, 0) is 31.2 Å². The number of aryl methyl sites for hydroxylation is 1. The Morgan fingerprint density at radius 1 is 1.42 bits per heavy atom. The molecular weight excluding hydrogens is 286 g/mol. The predicted molar refractivity (Wildman–Crippen MR) is 74.5 cm³/mol. The molecule has 0 fully saturated rings. The third-order valence-electron chi connectivity index (χ3n) is 2.43. The van der Waals surface area contributed by atoms with Crippen molar-refractivity contribution in [3.05, 3.63) is 44.9 Å². The van der Waals surface area contributed by atoms with Crippen LogP contribution in [0.1, 0.15) is 20.4 Å². The molecule has 1 heterocycles. The molecule has 0 saturated carbocycles. The number of halogens is 1. The van der Waals surface area contributed by atoms with Crippen LogP contribution >= 0.6 is 22.9 Å². The average Bonchev–Trinajstić information content (AvgIpc) is 2.73. The lowest BCUT2D eigenvalue weighted by Crippen LogP contribution is -2.00. The van der Waals surface area contributed by atoms with Gasteiger partial charge in [0, 0.05) is 11.4 Å². The van der Waals surface area contributed by atoms with E-state index in [1.165, 1.54) is 11.3 Å². The van der Waals surface area contributed by atoms with E-state index >= 15 is 0 Å². The van der Waals surface area contributed by atoms with Crippen molar-refractivity contribution >= 4 is 28.9 Å². The van der Waals surface area contributed by atoms with Gasteiger partial charge in [-0.15, -0.1) is 11.3 Å². The van der Waals surface area contributed by atoms with Crippen LogP contribution in [0.4, 0.5) is 0 Å². The molecule has 100 valence electrons. The number of carboxylic acids is 1. The lowest BCUT2D eigenvalue weighted by atomic mass is 10.3. The van der Waals surface area contributed by atoms with E-state index in [2.05, 4.69) is 4.98 Å². The highest BCUT2D eigenvalue weighted by molar-refractivity contribution is 7.13. The third-order valence-corrected chi connectivity index (χ3v) is 3.89. The van der Waals surface area contributed by atoms with Gasteiger partial charge < -0.3 is 9.84 Å². The molecule has 0 radical (unpaired) electrons. The van der Waals surface area contributed by atoms with E-state index in [1.807, 2.05) is 0 Å². The molecule has 6 heteroatoms. The summed E-state index contributed by atoms with van der Waals surface area (Å²) < 4.78 is 5.54. The minimum absolute atomic E-state index is 0.293. The number of carbonyl (C=O) groups is 1. The summed E-state index contributed by atoms with van der Waals surface area (Å²) in [5, 5.41) is 10.4. The molecule has 0 aliphatic carbocycles. The van der Waals surface area contributed by atoms with E-state index in [0.29, 0.717) is 28.6 Å². The van der Waals surface area contributed by atoms with Gasteiger partial charge in [-0.25, -0.2) is 9.78 Å². The molecule has 0 aliphatic rings.